The van der Waals surface area contributed by atoms with Crippen LogP contribution in [-0.4, -0.2) is 20.7 Å². The summed E-state index contributed by atoms with van der Waals surface area (Å²) in [6.45, 7) is 6.34. The average Bonchev–Trinajstić information content (AvgIpc) is 2.95. The maximum absolute atomic E-state index is 12.7. The van der Waals surface area contributed by atoms with Crippen LogP contribution in [0, 0.1) is 17.8 Å². The molecule has 0 spiro atoms. The maximum atomic E-state index is 12.7. The molecule has 0 aliphatic heterocycles. The fourth-order valence-electron chi connectivity index (χ4n) is 4.26. The Bertz CT molecular complexity index is 863. The van der Waals surface area contributed by atoms with Gasteiger partial charge in [0.15, 0.2) is 0 Å². The summed E-state index contributed by atoms with van der Waals surface area (Å²) in [7, 11) is 3.09. The normalized spacial score (nSPS) is 21.3. The summed E-state index contributed by atoms with van der Waals surface area (Å²) in [5, 5.41) is 0. The summed E-state index contributed by atoms with van der Waals surface area (Å²) in [6, 6.07) is 0. The van der Waals surface area contributed by atoms with Crippen molar-refractivity contribution in [3.8, 4) is 0 Å². The second kappa shape index (κ2) is 11.0. The fourth-order valence-corrected chi connectivity index (χ4v) is 5.06. The molecule has 0 saturated heterocycles. The molecule has 0 amide bonds. The number of thioether (sulfide) groups is 1. The lowest BCUT2D eigenvalue weighted by atomic mass is 9.87. The Kier molecular flexibility index (Phi) is 9.01. The van der Waals surface area contributed by atoms with E-state index in [-0.39, 0.29) is 23.2 Å². The monoisotopic (exact) mass is 435 g/mol. The number of hydrogen-bond donors (Lipinski definition) is 1. The topological polar surface area (TPSA) is 87.1 Å². The first-order chi connectivity index (χ1) is 14.1. The molecule has 3 unspecified atom stereocenters. The van der Waals surface area contributed by atoms with Crippen LogP contribution >= 0.6 is 11.8 Å². The molecule has 1 saturated carbocycles. The number of allylic oxidation sites excluding steroid dienone is 2. The quantitative estimate of drug-likeness (QED) is 0.630. The van der Waals surface area contributed by atoms with Crippen molar-refractivity contribution < 1.29 is 4.79 Å². The van der Waals surface area contributed by atoms with Crippen LogP contribution in [0.2, 0.25) is 0 Å². The molecule has 0 radical (unpaired) electrons. The van der Waals surface area contributed by atoms with E-state index in [9.17, 15) is 14.4 Å². The standard InChI is InChI=1S/C23H37N3O3S/c1-15(13-19-21(24)22(28)26(5)23(29)25(19)4)11-12-17(3)30-14-20(27)18-10-8-6-7-9-16(18)2/h12,15-16,18H,6-11,13-14,24H2,1-5H3/b17-12-. The zero-order valence-electron chi connectivity index (χ0n) is 19.1. The van der Waals surface area contributed by atoms with Gasteiger partial charge in [-0.1, -0.05) is 45.6 Å². The lowest BCUT2D eigenvalue weighted by molar-refractivity contribution is -0.121. The van der Waals surface area contributed by atoms with Gasteiger partial charge in [0, 0.05) is 20.0 Å². The highest BCUT2D eigenvalue weighted by Crippen LogP contribution is 2.31. The Balaban J connectivity index is 1.92. The number of hydrogen-bond acceptors (Lipinski definition) is 5. The van der Waals surface area contributed by atoms with Gasteiger partial charge in [0.2, 0.25) is 0 Å². The van der Waals surface area contributed by atoms with Gasteiger partial charge in [-0.05, 0) is 42.9 Å². The number of rotatable bonds is 8. The maximum Gasteiger partial charge on any atom is 0.330 e. The van der Waals surface area contributed by atoms with Crippen molar-refractivity contribution in [1.29, 1.82) is 0 Å². The average molecular weight is 436 g/mol. The van der Waals surface area contributed by atoms with E-state index < -0.39 is 5.56 Å². The van der Waals surface area contributed by atoms with Gasteiger partial charge in [-0.15, -0.1) is 11.8 Å². The second-order valence-corrected chi connectivity index (χ2v) is 10.1. The van der Waals surface area contributed by atoms with Crippen molar-refractivity contribution in [2.75, 3.05) is 11.5 Å². The van der Waals surface area contributed by atoms with Gasteiger partial charge in [0.1, 0.15) is 11.5 Å². The van der Waals surface area contributed by atoms with Crippen LogP contribution in [-0.2, 0) is 25.3 Å². The van der Waals surface area contributed by atoms with E-state index in [4.69, 9.17) is 5.73 Å². The highest BCUT2D eigenvalue weighted by atomic mass is 32.2. The van der Waals surface area contributed by atoms with Crippen molar-refractivity contribution in [3.05, 3.63) is 37.5 Å². The number of carbonyl (C=O) groups is 1. The lowest BCUT2D eigenvalue weighted by Crippen LogP contribution is -2.40. The first-order valence-electron chi connectivity index (χ1n) is 11.0. The van der Waals surface area contributed by atoms with Gasteiger partial charge in [0.25, 0.3) is 5.56 Å². The third-order valence-corrected chi connectivity index (χ3v) is 7.44. The van der Waals surface area contributed by atoms with E-state index in [1.54, 1.807) is 18.8 Å². The highest BCUT2D eigenvalue weighted by molar-refractivity contribution is 8.03. The Morgan fingerprint density at radius 2 is 1.87 bits per heavy atom. The molecule has 3 atom stereocenters. The Morgan fingerprint density at radius 3 is 2.57 bits per heavy atom. The van der Waals surface area contributed by atoms with Gasteiger partial charge >= 0.3 is 5.69 Å². The molecule has 0 bridgehead atoms. The minimum Gasteiger partial charge on any atom is -0.393 e. The van der Waals surface area contributed by atoms with E-state index in [0.717, 1.165) is 22.3 Å². The molecule has 0 aromatic carbocycles. The molecule has 1 fully saturated rings. The smallest absolute Gasteiger partial charge is 0.330 e. The van der Waals surface area contributed by atoms with Crippen LogP contribution in [0.4, 0.5) is 5.69 Å². The molecule has 1 aromatic heterocycles. The van der Waals surface area contributed by atoms with Crippen LogP contribution in [0.3, 0.4) is 0 Å². The summed E-state index contributed by atoms with van der Waals surface area (Å²) >= 11 is 1.63. The molecule has 1 aliphatic carbocycles. The van der Waals surface area contributed by atoms with Gasteiger partial charge in [-0.3, -0.25) is 18.7 Å². The summed E-state index contributed by atoms with van der Waals surface area (Å²) in [6.07, 6.45) is 9.38. The summed E-state index contributed by atoms with van der Waals surface area (Å²) in [5.41, 5.74) is 5.92. The second-order valence-electron chi connectivity index (χ2n) is 8.90. The third kappa shape index (κ3) is 6.13. The molecule has 1 aliphatic rings. The van der Waals surface area contributed by atoms with Crippen LogP contribution in [0.5, 0.6) is 0 Å². The van der Waals surface area contributed by atoms with Crippen LogP contribution in [0.1, 0.15) is 65.0 Å². The van der Waals surface area contributed by atoms with Crippen molar-refractivity contribution in [2.24, 2.45) is 31.8 Å². The number of nitrogens with two attached hydrogens (primary N) is 1. The molecule has 30 heavy (non-hydrogen) atoms. The summed E-state index contributed by atoms with van der Waals surface area (Å²) in [4.78, 5) is 38.1. The van der Waals surface area contributed by atoms with Gasteiger partial charge in [0.05, 0.1) is 11.4 Å². The van der Waals surface area contributed by atoms with Gasteiger partial charge in [-0.25, -0.2) is 4.79 Å². The number of aromatic nitrogens is 2. The summed E-state index contributed by atoms with van der Waals surface area (Å²) in [5.74, 6) is 1.87. The highest BCUT2D eigenvalue weighted by Gasteiger charge is 2.26. The van der Waals surface area contributed by atoms with E-state index in [1.807, 2.05) is 6.92 Å². The van der Waals surface area contributed by atoms with E-state index in [1.165, 1.54) is 37.3 Å². The fraction of sp³-hybridized carbons (Fsp3) is 0.696. The third-order valence-electron chi connectivity index (χ3n) is 6.39. The Hall–Kier alpha value is -1.76. The van der Waals surface area contributed by atoms with E-state index in [2.05, 4.69) is 19.9 Å². The molecule has 2 N–H and O–H groups in total. The number of anilines is 1. The predicted octanol–water partition coefficient (Wildman–Crippen LogP) is 3.66. The first-order valence-corrected chi connectivity index (χ1v) is 12.0. The zero-order valence-corrected chi connectivity index (χ0v) is 19.9. The SMILES string of the molecule is C/C(=C/CC(C)Cc1c(N)c(=O)n(C)c(=O)n1C)SCC(=O)C1CCCCCC1C. The van der Waals surface area contributed by atoms with Crippen LogP contribution in [0.25, 0.3) is 0 Å². The molecule has 6 nitrogen and oxygen atoms in total. The van der Waals surface area contributed by atoms with Crippen LogP contribution in [0.15, 0.2) is 20.6 Å². The minimum absolute atomic E-state index is 0.143. The van der Waals surface area contributed by atoms with Crippen molar-refractivity contribution in [2.45, 2.75) is 65.7 Å². The Morgan fingerprint density at radius 1 is 1.20 bits per heavy atom. The van der Waals surface area contributed by atoms with E-state index in [0.29, 0.717) is 29.6 Å². The molecule has 1 heterocycles. The lowest BCUT2D eigenvalue weighted by Gasteiger charge is -2.20. The molecular formula is C23H37N3O3S. The molecular weight excluding hydrogens is 398 g/mol. The number of ketones is 1. The van der Waals surface area contributed by atoms with Crippen molar-refractivity contribution in [1.82, 2.24) is 9.13 Å². The predicted molar refractivity (Wildman–Crippen MR) is 126 cm³/mol. The molecule has 168 valence electrons. The molecule has 1 aromatic rings. The first kappa shape index (κ1) is 24.5. The van der Waals surface area contributed by atoms with Gasteiger partial charge in [-0.2, -0.15) is 0 Å². The Labute approximate surface area is 183 Å². The van der Waals surface area contributed by atoms with Crippen LogP contribution < -0.4 is 17.0 Å². The van der Waals surface area contributed by atoms with Crippen molar-refractivity contribution in [3.63, 3.8) is 0 Å². The zero-order chi connectivity index (χ0) is 22.4. The number of nitrogen functional groups attached to an aromatic ring is 1. The van der Waals surface area contributed by atoms with E-state index >= 15 is 0 Å². The number of nitrogens with zero attached hydrogens (tertiary/aromatic N) is 2. The largest absolute Gasteiger partial charge is 0.393 e. The molecule has 7 heteroatoms. The molecule has 2 rings (SSSR count). The number of Topliss-reactive ketones (excluding diaryl/α,β-unsaturated/α-hetero) is 1. The summed E-state index contributed by atoms with van der Waals surface area (Å²) < 4.78 is 2.50. The minimum atomic E-state index is -0.436. The van der Waals surface area contributed by atoms with Crippen molar-refractivity contribution >= 4 is 23.2 Å². The number of carbonyl (C=O) groups excluding carboxylic acids is 1. The van der Waals surface area contributed by atoms with Gasteiger partial charge < -0.3 is 5.73 Å².